The number of benzene rings is 1. The summed E-state index contributed by atoms with van der Waals surface area (Å²) >= 11 is 6.08. The molecule has 0 spiro atoms. The lowest BCUT2D eigenvalue weighted by Crippen LogP contribution is -2.18. The van der Waals surface area contributed by atoms with E-state index in [9.17, 15) is 9.59 Å². The lowest BCUT2D eigenvalue weighted by Gasteiger charge is -2.12. The second kappa shape index (κ2) is 6.26. The summed E-state index contributed by atoms with van der Waals surface area (Å²) < 4.78 is 14.5. The van der Waals surface area contributed by atoms with E-state index in [4.69, 9.17) is 21.1 Å². The van der Waals surface area contributed by atoms with Crippen molar-refractivity contribution in [3.05, 3.63) is 22.7 Å². The molecule has 18 heavy (non-hydrogen) atoms. The van der Waals surface area contributed by atoms with Gasteiger partial charge < -0.3 is 14.2 Å². The molecule has 0 heterocycles. The molecule has 0 aromatic heterocycles. The molecule has 0 bridgehead atoms. The molecule has 0 N–H and O–H groups in total. The van der Waals surface area contributed by atoms with Crippen LogP contribution >= 0.6 is 11.6 Å². The van der Waals surface area contributed by atoms with E-state index in [1.807, 2.05) is 0 Å². The van der Waals surface area contributed by atoms with Crippen molar-refractivity contribution >= 4 is 23.4 Å². The standard InChI is InChI=1S/C12H13ClO5/c1-16-9-5-4-7(10(13)11(9)17-2)6-8(14)12(15)18-3/h4-5H,6H2,1-3H3. The average Bonchev–Trinajstić information content (AvgIpc) is 2.39. The zero-order valence-electron chi connectivity index (χ0n) is 10.3. The van der Waals surface area contributed by atoms with Crippen LogP contribution in [0.15, 0.2) is 12.1 Å². The van der Waals surface area contributed by atoms with Crippen LogP contribution in [0.25, 0.3) is 0 Å². The number of ether oxygens (including phenoxy) is 3. The van der Waals surface area contributed by atoms with Gasteiger partial charge in [0.15, 0.2) is 11.5 Å². The van der Waals surface area contributed by atoms with E-state index in [2.05, 4.69) is 4.74 Å². The molecule has 0 saturated heterocycles. The second-order valence-electron chi connectivity index (χ2n) is 3.37. The highest BCUT2D eigenvalue weighted by Gasteiger charge is 2.19. The molecule has 1 aromatic carbocycles. The summed E-state index contributed by atoms with van der Waals surface area (Å²) in [7, 11) is 4.07. The van der Waals surface area contributed by atoms with Gasteiger partial charge in [0.05, 0.1) is 26.4 Å². The molecule has 0 unspecified atom stereocenters. The minimum Gasteiger partial charge on any atom is -0.493 e. The average molecular weight is 273 g/mol. The molecular weight excluding hydrogens is 260 g/mol. The van der Waals surface area contributed by atoms with E-state index < -0.39 is 11.8 Å². The van der Waals surface area contributed by atoms with Crippen LogP contribution in [-0.2, 0) is 20.7 Å². The molecule has 5 nitrogen and oxygen atoms in total. The number of ketones is 1. The second-order valence-corrected chi connectivity index (χ2v) is 3.74. The Balaban J connectivity index is 3.05. The fraction of sp³-hybridized carbons (Fsp3) is 0.333. The van der Waals surface area contributed by atoms with Crippen LogP contribution in [0.5, 0.6) is 11.5 Å². The fourth-order valence-corrected chi connectivity index (χ4v) is 1.73. The molecule has 6 heteroatoms. The van der Waals surface area contributed by atoms with Crippen LogP contribution in [-0.4, -0.2) is 33.1 Å². The third kappa shape index (κ3) is 2.92. The van der Waals surface area contributed by atoms with Gasteiger partial charge in [-0.2, -0.15) is 0 Å². The SMILES string of the molecule is COC(=O)C(=O)Cc1ccc(OC)c(OC)c1Cl. The summed E-state index contributed by atoms with van der Waals surface area (Å²) in [4.78, 5) is 22.5. The smallest absolute Gasteiger partial charge is 0.374 e. The minimum absolute atomic E-state index is 0.147. The van der Waals surface area contributed by atoms with Crippen molar-refractivity contribution in [2.75, 3.05) is 21.3 Å². The van der Waals surface area contributed by atoms with E-state index >= 15 is 0 Å². The van der Waals surface area contributed by atoms with Gasteiger partial charge in [-0.1, -0.05) is 17.7 Å². The molecule has 1 aromatic rings. The number of halogens is 1. The van der Waals surface area contributed by atoms with Crippen molar-refractivity contribution in [3.8, 4) is 11.5 Å². The lowest BCUT2D eigenvalue weighted by atomic mass is 10.1. The predicted octanol–water partition coefficient (Wildman–Crippen LogP) is 1.64. The topological polar surface area (TPSA) is 61.8 Å². The molecule has 0 aliphatic rings. The molecule has 1 rings (SSSR count). The fourth-order valence-electron chi connectivity index (χ4n) is 1.43. The van der Waals surface area contributed by atoms with E-state index in [1.165, 1.54) is 14.2 Å². The Morgan fingerprint density at radius 2 is 1.83 bits per heavy atom. The summed E-state index contributed by atoms with van der Waals surface area (Å²) in [5.41, 5.74) is 0.477. The highest BCUT2D eigenvalue weighted by atomic mass is 35.5. The third-order valence-electron chi connectivity index (χ3n) is 2.33. The highest BCUT2D eigenvalue weighted by molar-refractivity contribution is 6.36. The number of methoxy groups -OCH3 is 3. The molecule has 0 aliphatic carbocycles. The van der Waals surface area contributed by atoms with E-state index in [0.29, 0.717) is 17.1 Å². The van der Waals surface area contributed by atoms with Crippen LogP contribution in [0.2, 0.25) is 5.02 Å². The summed E-state index contributed by atoms with van der Waals surface area (Å²) in [5.74, 6) is -0.793. The van der Waals surface area contributed by atoms with Crippen LogP contribution in [0.1, 0.15) is 5.56 Å². The number of carbonyl (C=O) groups excluding carboxylic acids is 2. The van der Waals surface area contributed by atoms with Crippen molar-refractivity contribution in [2.45, 2.75) is 6.42 Å². The van der Waals surface area contributed by atoms with Gasteiger partial charge in [0, 0.05) is 6.42 Å². The Kier molecular flexibility index (Phi) is 4.97. The van der Waals surface area contributed by atoms with E-state index in [0.717, 1.165) is 7.11 Å². The van der Waals surface area contributed by atoms with Crippen molar-refractivity contribution < 1.29 is 23.8 Å². The molecule has 0 atom stereocenters. The maximum Gasteiger partial charge on any atom is 0.374 e. The Morgan fingerprint density at radius 1 is 1.17 bits per heavy atom. The molecular formula is C12H13ClO5. The summed E-state index contributed by atoms with van der Waals surface area (Å²) in [6.07, 6.45) is -0.147. The number of Topliss-reactive ketones (excluding diaryl/α,β-unsaturated/α-hetero) is 1. The quantitative estimate of drug-likeness (QED) is 0.602. The minimum atomic E-state index is -0.902. The van der Waals surface area contributed by atoms with Crippen molar-refractivity contribution in [2.24, 2.45) is 0 Å². The zero-order chi connectivity index (χ0) is 13.7. The van der Waals surface area contributed by atoms with Crippen LogP contribution < -0.4 is 9.47 Å². The van der Waals surface area contributed by atoms with Crippen molar-refractivity contribution in [1.29, 1.82) is 0 Å². The maximum atomic E-state index is 11.4. The number of esters is 1. The Morgan fingerprint density at radius 3 is 2.33 bits per heavy atom. The van der Waals surface area contributed by atoms with Crippen molar-refractivity contribution in [1.82, 2.24) is 0 Å². The van der Waals surface area contributed by atoms with Gasteiger partial charge in [-0.3, -0.25) is 4.79 Å². The van der Waals surface area contributed by atoms with Gasteiger partial charge in [0.25, 0.3) is 0 Å². The molecule has 0 saturated carbocycles. The maximum absolute atomic E-state index is 11.4. The molecule has 0 fully saturated rings. The first-order valence-electron chi connectivity index (χ1n) is 5.05. The highest BCUT2D eigenvalue weighted by Crippen LogP contribution is 2.37. The number of hydrogen-bond donors (Lipinski definition) is 0. The lowest BCUT2D eigenvalue weighted by molar-refractivity contribution is -0.151. The van der Waals surface area contributed by atoms with Crippen LogP contribution in [0.4, 0.5) is 0 Å². The monoisotopic (exact) mass is 272 g/mol. The number of hydrogen-bond acceptors (Lipinski definition) is 5. The zero-order valence-corrected chi connectivity index (χ0v) is 11.0. The van der Waals surface area contributed by atoms with E-state index in [-0.39, 0.29) is 11.4 Å². The summed E-state index contributed by atoms with van der Waals surface area (Å²) in [5, 5.41) is 0.245. The van der Waals surface area contributed by atoms with Gasteiger partial charge in [-0.25, -0.2) is 4.79 Å². The van der Waals surface area contributed by atoms with Crippen LogP contribution in [0.3, 0.4) is 0 Å². The van der Waals surface area contributed by atoms with Gasteiger partial charge in [0.2, 0.25) is 5.78 Å². The van der Waals surface area contributed by atoms with Crippen molar-refractivity contribution in [3.63, 3.8) is 0 Å². The normalized spacial score (nSPS) is 9.78. The first-order chi connectivity index (χ1) is 8.54. The van der Waals surface area contributed by atoms with Gasteiger partial charge in [-0.05, 0) is 11.6 Å². The van der Waals surface area contributed by atoms with Gasteiger partial charge >= 0.3 is 5.97 Å². The summed E-state index contributed by atoms with van der Waals surface area (Å²) in [6.45, 7) is 0. The molecule has 98 valence electrons. The molecule has 0 aliphatic heterocycles. The van der Waals surface area contributed by atoms with Gasteiger partial charge in [0.1, 0.15) is 0 Å². The predicted molar refractivity (Wildman–Crippen MR) is 65.3 cm³/mol. The Labute approximate surface area is 110 Å². The molecule has 0 radical (unpaired) electrons. The first kappa shape index (κ1) is 14.3. The largest absolute Gasteiger partial charge is 0.493 e. The summed E-state index contributed by atoms with van der Waals surface area (Å²) in [6, 6.07) is 3.22. The first-order valence-corrected chi connectivity index (χ1v) is 5.43. The van der Waals surface area contributed by atoms with Gasteiger partial charge in [-0.15, -0.1) is 0 Å². The Hall–Kier alpha value is -1.75. The number of rotatable bonds is 5. The Bertz CT molecular complexity index is 470. The van der Waals surface area contributed by atoms with Crippen LogP contribution in [0, 0.1) is 0 Å². The number of carbonyl (C=O) groups is 2. The van der Waals surface area contributed by atoms with E-state index in [1.54, 1.807) is 12.1 Å². The molecule has 0 amide bonds. The third-order valence-corrected chi connectivity index (χ3v) is 2.74.